The Hall–Kier alpha value is -2.27. The molecule has 1 aliphatic rings. The lowest BCUT2D eigenvalue weighted by Crippen LogP contribution is -2.43. The molecule has 0 radical (unpaired) electrons. The van der Waals surface area contributed by atoms with Crippen LogP contribution in [0.1, 0.15) is 18.4 Å². The number of benzene rings is 2. The summed E-state index contributed by atoms with van der Waals surface area (Å²) in [5, 5.41) is 3.22. The summed E-state index contributed by atoms with van der Waals surface area (Å²) < 4.78 is 27.2. The Morgan fingerprint density at radius 2 is 1.88 bits per heavy atom. The summed E-state index contributed by atoms with van der Waals surface area (Å²) in [5.74, 6) is -0.914. The molecule has 1 atom stereocenters. The number of piperidine rings is 1. The topological polar surface area (TPSA) is 32.3 Å². The third-order valence-electron chi connectivity index (χ3n) is 4.34. The molecule has 0 aromatic heterocycles. The number of hydrogen-bond donors (Lipinski definition) is 1. The molecule has 2 aromatic carbocycles. The summed E-state index contributed by atoms with van der Waals surface area (Å²) >= 11 is 0. The Morgan fingerprint density at radius 3 is 2.54 bits per heavy atom. The van der Waals surface area contributed by atoms with Gasteiger partial charge in [0.2, 0.25) is 5.91 Å². The first-order valence-electron chi connectivity index (χ1n) is 8.16. The van der Waals surface area contributed by atoms with Crippen molar-refractivity contribution in [2.45, 2.75) is 19.4 Å². The molecule has 0 spiro atoms. The van der Waals surface area contributed by atoms with E-state index in [0.29, 0.717) is 17.8 Å². The van der Waals surface area contributed by atoms with Gasteiger partial charge in [-0.25, -0.2) is 8.78 Å². The van der Waals surface area contributed by atoms with Crippen molar-refractivity contribution < 1.29 is 13.6 Å². The maximum Gasteiger partial charge on any atom is 0.231 e. The van der Waals surface area contributed by atoms with Crippen LogP contribution in [0, 0.1) is 17.6 Å². The molecular formula is C19H20F2N2O. The van der Waals surface area contributed by atoms with Crippen molar-refractivity contribution in [3.63, 3.8) is 0 Å². The van der Waals surface area contributed by atoms with Gasteiger partial charge in [0.15, 0.2) is 0 Å². The van der Waals surface area contributed by atoms with E-state index in [-0.39, 0.29) is 30.0 Å². The summed E-state index contributed by atoms with van der Waals surface area (Å²) in [6.45, 7) is 1.66. The molecule has 3 nitrogen and oxygen atoms in total. The average Bonchev–Trinajstić information content (AvgIpc) is 2.62. The number of rotatable bonds is 4. The molecule has 3 rings (SSSR count). The molecule has 126 valence electrons. The maximum atomic E-state index is 14.0. The second kappa shape index (κ2) is 7.53. The first-order valence-corrected chi connectivity index (χ1v) is 8.16. The van der Waals surface area contributed by atoms with Crippen LogP contribution < -0.4 is 10.2 Å². The molecule has 5 heteroatoms. The fourth-order valence-electron chi connectivity index (χ4n) is 3.00. The van der Waals surface area contributed by atoms with Crippen LogP contribution in [0.2, 0.25) is 0 Å². The van der Waals surface area contributed by atoms with Crippen molar-refractivity contribution in [3.8, 4) is 0 Å². The summed E-state index contributed by atoms with van der Waals surface area (Å²) in [4.78, 5) is 14.5. The highest BCUT2D eigenvalue weighted by atomic mass is 19.1. The summed E-state index contributed by atoms with van der Waals surface area (Å²) in [7, 11) is 0. The van der Waals surface area contributed by atoms with E-state index in [1.165, 1.54) is 18.2 Å². The largest absolute Gasteiger partial charge is 0.316 e. The van der Waals surface area contributed by atoms with Gasteiger partial charge >= 0.3 is 0 Å². The van der Waals surface area contributed by atoms with Crippen molar-refractivity contribution >= 4 is 11.6 Å². The first-order chi connectivity index (χ1) is 11.6. The van der Waals surface area contributed by atoms with Crippen LogP contribution in [-0.2, 0) is 11.3 Å². The van der Waals surface area contributed by atoms with Gasteiger partial charge in [-0.15, -0.1) is 0 Å². The van der Waals surface area contributed by atoms with Crippen LogP contribution in [0.25, 0.3) is 0 Å². The average molecular weight is 330 g/mol. The van der Waals surface area contributed by atoms with E-state index in [2.05, 4.69) is 5.32 Å². The highest BCUT2D eigenvalue weighted by Gasteiger charge is 2.27. The van der Waals surface area contributed by atoms with Gasteiger partial charge in [-0.05, 0) is 49.7 Å². The van der Waals surface area contributed by atoms with Crippen molar-refractivity contribution in [2.75, 3.05) is 18.0 Å². The molecule has 2 aromatic rings. The zero-order valence-corrected chi connectivity index (χ0v) is 13.3. The van der Waals surface area contributed by atoms with Crippen LogP contribution in [0.3, 0.4) is 0 Å². The molecule has 1 saturated heterocycles. The number of carbonyl (C=O) groups excluding carboxylic acids is 1. The van der Waals surface area contributed by atoms with E-state index < -0.39 is 0 Å². The van der Waals surface area contributed by atoms with Gasteiger partial charge in [-0.1, -0.05) is 18.2 Å². The molecule has 1 amide bonds. The second-order valence-corrected chi connectivity index (χ2v) is 6.04. The highest BCUT2D eigenvalue weighted by molar-refractivity contribution is 5.95. The van der Waals surface area contributed by atoms with Crippen LogP contribution in [-0.4, -0.2) is 19.0 Å². The first kappa shape index (κ1) is 16.6. The third-order valence-corrected chi connectivity index (χ3v) is 4.34. The molecule has 1 unspecified atom stereocenters. The number of carbonyl (C=O) groups is 1. The summed E-state index contributed by atoms with van der Waals surface area (Å²) in [6, 6.07) is 12.2. The fourth-order valence-corrected chi connectivity index (χ4v) is 3.00. The molecule has 1 N–H and O–H groups in total. The minimum absolute atomic E-state index is 0.0583. The number of halogens is 2. The van der Waals surface area contributed by atoms with Gasteiger partial charge in [-0.3, -0.25) is 4.79 Å². The van der Waals surface area contributed by atoms with E-state index in [1.54, 1.807) is 35.2 Å². The van der Waals surface area contributed by atoms with Crippen molar-refractivity contribution in [1.82, 2.24) is 5.32 Å². The maximum absolute atomic E-state index is 14.0. The van der Waals surface area contributed by atoms with Gasteiger partial charge in [0, 0.05) is 17.8 Å². The molecule has 1 aliphatic heterocycles. The number of amides is 1. The lowest BCUT2D eigenvalue weighted by Gasteiger charge is -2.30. The fraction of sp³-hybridized carbons (Fsp3) is 0.316. The van der Waals surface area contributed by atoms with Crippen molar-refractivity contribution in [2.24, 2.45) is 5.92 Å². The minimum atomic E-state index is -0.364. The van der Waals surface area contributed by atoms with E-state index in [1.807, 2.05) is 0 Å². The normalized spacial score (nSPS) is 17.5. The predicted molar refractivity (Wildman–Crippen MR) is 89.6 cm³/mol. The smallest absolute Gasteiger partial charge is 0.231 e. The highest BCUT2D eigenvalue weighted by Crippen LogP contribution is 2.23. The lowest BCUT2D eigenvalue weighted by atomic mass is 9.97. The minimum Gasteiger partial charge on any atom is -0.316 e. The van der Waals surface area contributed by atoms with Gasteiger partial charge in [-0.2, -0.15) is 0 Å². The second-order valence-electron chi connectivity index (χ2n) is 6.04. The molecule has 0 aliphatic carbocycles. The molecule has 0 saturated carbocycles. The van der Waals surface area contributed by atoms with Gasteiger partial charge in [0.25, 0.3) is 0 Å². The van der Waals surface area contributed by atoms with Crippen molar-refractivity contribution in [3.05, 3.63) is 65.7 Å². The standard InChI is InChI=1S/C19H20F2N2O/c20-16-7-9-17(10-8-16)23(13-15-4-1-2-6-18(15)21)19(24)14-5-3-11-22-12-14/h1-2,4,6-10,14,22H,3,5,11-13H2. The number of anilines is 1. The van der Waals surface area contributed by atoms with Crippen LogP contribution in [0.4, 0.5) is 14.5 Å². The molecular weight excluding hydrogens is 310 g/mol. The zero-order valence-electron chi connectivity index (χ0n) is 13.3. The zero-order chi connectivity index (χ0) is 16.9. The van der Waals surface area contributed by atoms with Gasteiger partial charge in [0.1, 0.15) is 11.6 Å². The summed E-state index contributed by atoms with van der Waals surface area (Å²) in [5.41, 5.74) is 1.02. The Morgan fingerprint density at radius 1 is 1.12 bits per heavy atom. The Kier molecular flexibility index (Phi) is 5.20. The van der Waals surface area contributed by atoms with E-state index in [9.17, 15) is 13.6 Å². The predicted octanol–water partition coefficient (Wildman–Crippen LogP) is 3.50. The van der Waals surface area contributed by atoms with E-state index >= 15 is 0 Å². The van der Waals surface area contributed by atoms with Gasteiger partial charge < -0.3 is 10.2 Å². The molecule has 1 heterocycles. The number of nitrogens with zero attached hydrogens (tertiary/aromatic N) is 1. The SMILES string of the molecule is O=C(C1CCCNC1)N(Cc1ccccc1F)c1ccc(F)cc1. The monoisotopic (exact) mass is 330 g/mol. The molecule has 1 fully saturated rings. The third kappa shape index (κ3) is 3.79. The van der Waals surface area contributed by atoms with E-state index in [0.717, 1.165) is 19.4 Å². The number of nitrogens with one attached hydrogen (secondary N) is 1. The van der Waals surface area contributed by atoms with Crippen LogP contribution >= 0.6 is 0 Å². The van der Waals surface area contributed by atoms with E-state index in [4.69, 9.17) is 0 Å². The quantitative estimate of drug-likeness (QED) is 0.931. The van der Waals surface area contributed by atoms with Crippen LogP contribution in [0.5, 0.6) is 0 Å². The number of hydrogen-bond acceptors (Lipinski definition) is 2. The Balaban J connectivity index is 1.89. The van der Waals surface area contributed by atoms with Crippen molar-refractivity contribution in [1.29, 1.82) is 0 Å². The molecule has 24 heavy (non-hydrogen) atoms. The Labute approximate surface area is 140 Å². The summed E-state index contributed by atoms with van der Waals surface area (Å²) in [6.07, 6.45) is 1.74. The lowest BCUT2D eigenvalue weighted by molar-refractivity contribution is -0.123. The molecule has 0 bridgehead atoms. The van der Waals surface area contributed by atoms with Crippen LogP contribution in [0.15, 0.2) is 48.5 Å². The Bertz CT molecular complexity index is 697. The van der Waals surface area contributed by atoms with Gasteiger partial charge in [0.05, 0.1) is 12.5 Å².